The maximum atomic E-state index is 12.6. The predicted octanol–water partition coefficient (Wildman–Crippen LogP) is 2.98. The van der Waals surface area contributed by atoms with E-state index in [4.69, 9.17) is 9.57 Å². The van der Waals surface area contributed by atoms with Crippen molar-refractivity contribution in [3.63, 3.8) is 0 Å². The quantitative estimate of drug-likeness (QED) is 0.493. The lowest BCUT2D eigenvalue weighted by atomic mass is 9.97. The lowest BCUT2D eigenvalue weighted by Gasteiger charge is -2.26. The highest BCUT2D eigenvalue weighted by Crippen LogP contribution is 2.20. The Hall–Kier alpha value is -3.17. The van der Waals surface area contributed by atoms with E-state index in [1.54, 1.807) is 25.3 Å². The minimum atomic E-state index is -0.620. The average molecular weight is 434 g/mol. The second kappa shape index (κ2) is 11.3. The van der Waals surface area contributed by atoms with Crippen LogP contribution in [0.4, 0.5) is 10.6 Å². The zero-order valence-corrected chi connectivity index (χ0v) is 18.4. The molecule has 0 aromatic carbocycles. The molecule has 2 heterocycles. The number of ether oxygens (including phenoxy) is 1. The molecule has 0 spiro atoms. The first-order valence-corrected chi connectivity index (χ1v) is 10.3. The van der Waals surface area contributed by atoms with E-state index < -0.39 is 23.6 Å². The Morgan fingerprint density at radius 3 is 2.68 bits per heavy atom. The molecule has 31 heavy (non-hydrogen) atoms. The zero-order valence-electron chi connectivity index (χ0n) is 18.4. The van der Waals surface area contributed by atoms with Gasteiger partial charge in [0.05, 0.1) is 0 Å². The molecule has 0 saturated heterocycles. The molecular weight excluding hydrogens is 404 g/mol. The molecule has 1 N–H and O–H groups in total. The summed E-state index contributed by atoms with van der Waals surface area (Å²) in [5, 5.41) is 3.77. The minimum absolute atomic E-state index is 0.150. The highest BCUT2D eigenvalue weighted by Gasteiger charge is 2.30. The van der Waals surface area contributed by atoms with E-state index in [1.807, 2.05) is 26.8 Å². The molecule has 0 aliphatic carbocycles. The van der Waals surface area contributed by atoms with Crippen LogP contribution >= 0.6 is 0 Å². The number of carbonyl (C=O) groups is 3. The summed E-state index contributed by atoms with van der Waals surface area (Å²) in [6.45, 7) is 7.74. The lowest BCUT2D eigenvalue weighted by molar-refractivity contribution is -0.155. The smallest absolute Gasteiger partial charge is 0.416 e. The van der Waals surface area contributed by atoms with Crippen LogP contribution < -0.4 is 10.4 Å². The summed E-state index contributed by atoms with van der Waals surface area (Å²) in [6, 6.07) is 5.34. The van der Waals surface area contributed by atoms with Crippen molar-refractivity contribution in [3.05, 3.63) is 24.4 Å². The van der Waals surface area contributed by atoms with Crippen LogP contribution in [0.3, 0.4) is 0 Å². The van der Waals surface area contributed by atoms with Crippen molar-refractivity contribution >= 4 is 29.5 Å². The summed E-state index contributed by atoms with van der Waals surface area (Å²) in [6.07, 6.45) is 3.30. The second-order valence-corrected chi connectivity index (χ2v) is 8.04. The van der Waals surface area contributed by atoms with Gasteiger partial charge in [-0.15, -0.1) is 0 Å². The molecule has 1 aliphatic heterocycles. The molecule has 1 atom stereocenters. The standard InChI is InChI=1S/C21H30N4O6/c1-5-17(26)31-24-19(27)18-15(14-29-23-18)10-7-9-13-25(16-11-6-8-12-22-16)20(28)30-21(2,3)4/h6,8,11-12,15H,5,7,9-10,13-14H2,1-4H3,(H,24,27). The number of unbranched alkanes of at least 4 members (excludes halogenated alkanes) is 1. The van der Waals surface area contributed by atoms with Crippen LogP contribution in [0.5, 0.6) is 0 Å². The second-order valence-electron chi connectivity index (χ2n) is 8.04. The van der Waals surface area contributed by atoms with Crippen LogP contribution in [0, 0.1) is 5.92 Å². The van der Waals surface area contributed by atoms with E-state index >= 15 is 0 Å². The van der Waals surface area contributed by atoms with Gasteiger partial charge in [-0.2, -0.15) is 5.48 Å². The number of rotatable bonds is 8. The summed E-state index contributed by atoms with van der Waals surface area (Å²) >= 11 is 0. The van der Waals surface area contributed by atoms with Crippen LogP contribution in [0.1, 0.15) is 53.4 Å². The van der Waals surface area contributed by atoms with Crippen LogP contribution in [0.25, 0.3) is 0 Å². The molecule has 0 saturated carbocycles. The number of pyridine rings is 1. The molecule has 2 amide bonds. The number of amides is 2. The average Bonchev–Trinajstić information content (AvgIpc) is 3.19. The van der Waals surface area contributed by atoms with Crippen LogP contribution in [-0.2, 0) is 24.0 Å². The summed E-state index contributed by atoms with van der Waals surface area (Å²) in [5.74, 6) is -0.834. The Bertz CT molecular complexity index is 791. The third-order valence-electron chi connectivity index (χ3n) is 4.33. The van der Waals surface area contributed by atoms with Crippen molar-refractivity contribution in [2.24, 2.45) is 11.1 Å². The van der Waals surface area contributed by atoms with Crippen LogP contribution in [0.15, 0.2) is 29.6 Å². The van der Waals surface area contributed by atoms with E-state index in [0.29, 0.717) is 31.6 Å². The van der Waals surface area contributed by atoms with Crippen molar-refractivity contribution in [1.82, 2.24) is 10.5 Å². The summed E-state index contributed by atoms with van der Waals surface area (Å²) < 4.78 is 5.50. The topological polar surface area (TPSA) is 119 Å². The van der Waals surface area contributed by atoms with Gasteiger partial charge in [-0.1, -0.05) is 24.6 Å². The number of carbonyl (C=O) groups excluding carboxylic acids is 3. The zero-order chi connectivity index (χ0) is 22.9. The number of nitrogens with one attached hydrogen (secondary N) is 1. The van der Waals surface area contributed by atoms with E-state index in [0.717, 1.165) is 0 Å². The number of hydrogen-bond acceptors (Lipinski definition) is 8. The number of nitrogens with zero attached hydrogens (tertiary/aromatic N) is 3. The molecular formula is C21H30N4O6. The van der Waals surface area contributed by atoms with Crippen molar-refractivity contribution < 1.29 is 28.8 Å². The maximum Gasteiger partial charge on any atom is 0.416 e. The molecule has 1 aromatic heterocycles. The van der Waals surface area contributed by atoms with Gasteiger partial charge in [-0.3, -0.25) is 9.69 Å². The van der Waals surface area contributed by atoms with Crippen molar-refractivity contribution in [2.45, 2.75) is 59.0 Å². The molecule has 170 valence electrons. The monoisotopic (exact) mass is 434 g/mol. The van der Waals surface area contributed by atoms with Crippen molar-refractivity contribution in [3.8, 4) is 0 Å². The van der Waals surface area contributed by atoms with Gasteiger partial charge in [-0.25, -0.2) is 14.6 Å². The first kappa shape index (κ1) is 24.1. The number of aromatic nitrogens is 1. The summed E-state index contributed by atoms with van der Waals surface area (Å²) in [5.41, 5.74) is 1.67. The first-order valence-electron chi connectivity index (χ1n) is 10.3. The van der Waals surface area contributed by atoms with Crippen molar-refractivity contribution in [2.75, 3.05) is 18.1 Å². The van der Waals surface area contributed by atoms with Gasteiger partial charge in [-0.05, 0) is 45.7 Å². The Morgan fingerprint density at radius 2 is 2.03 bits per heavy atom. The SMILES string of the molecule is CCC(=O)ONC(=O)C1=NOCC1CCCCN(C(=O)OC(C)(C)C)c1ccccn1. The van der Waals surface area contributed by atoms with E-state index in [1.165, 1.54) is 4.90 Å². The molecule has 0 fully saturated rings. The fourth-order valence-corrected chi connectivity index (χ4v) is 2.82. The van der Waals surface area contributed by atoms with Gasteiger partial charge >= 0.3 is 18.0 Å². The fourth-order valence-electron chi connectivity index (χ4n) is 2.82. The third kappa shape index (κ3) is 7.88. The minimum Gasteiger partial charge on any atom is -0.443 e. The number of oxime groups is 1. The van der Waals surface area contributed by atoms with Gasteiger partial charge < -0.3 is 14.4 Å². The van der Waals surface area contributed by atoms with Gasteiger partial charge in [0.2, 0.25) is 0 Å². The Morgan fingerprint density at radius 1 is 1.26 bits per heavy atom. The Kier molecular flexibility index (Phi) is 8.77. The summed E-state index contributed by atoms with van der Waals surface area (Å²) in [7, 11) is 0. The molecule has 1 unspecified atom stereocenters. The molecule has 0 radical (unpaired) electrons. The summed E-state index contributed by atoms with van der Waals surface area (Å²) in [4.78, 5) is 51.4. The van der Waals surface area contributed by atoms with Crippen molar-refractivity contribution in [1.29, 1.82) is 0 Å². The molecule has 10 nitrogen and oxygen atoms in total. The first-order chi connectivity index (χ1) is 14.7. The predicted molar refractivity (Wildman–Crippen MR) is 113 cm³/mol. The number of hydroxylamine groups is 1. The molecule has 1 aliphatic rings. The van der Waals surface area contributed by atoms with Gasteiger partial charge in [0.25, 0.3) is 0 Å². The highest BCUT2D eigenvalue weighted by molar-refractivity contribution is 6.39. The normalized spacial score (nSPS) is 15.5. The number of anilines is 1. The third-order valence-corrected chi connectivity index (χ3v) is 4.33. The van der Waals surface area contributed by atoms with Gasteiger partial charge in [0.1, 0.15) is 18.0 Å². The maximum absolute atomic E-state index is 12.6. The largest absolute Gasteiger partial charge is 0.443 e. The molecule has 10 heteroatoms. The lowest BCUT2D eigenvalue weighted by Crippen LogP contribution is -2.38. The molecule has 0 bridgehead atoms. The molecule has 1 aromatic rings. The van der Waals surface area contributed by atoms with Gasteiger partial charge in [0, 0.05) is 25.1 Å². The highest BCUT2D eigenvalue weighted by atomic mass is 16.7. The van der Waals surface area contributed by atoms with E-state index in [9.17, 15) is 14.4 Å². The van der Waals surface area contributed by atoms with Gasteiger partial charge in [0.15, 0.2) is 5.71 Å². The van der Waals surface area contributed by atoms with Crippen LogP contribution in [-0.4, -0.2) is 47.4 Å². The number of hydrogen-bond donors (Lipinski definition) is 1. The van der Waals surface area contributed by atoms with Crippen LogP contribution in [0.2, 0.25) is 0 Å². The Labute approximate surface area is 181 Å². The molecule has 2 rings (SSSR count). The van der Waals surface area contributed by atoms with E-state index in [-0.39, 0.29) is 24.7 Å². The Balaban J connectivity index is 1.88. The van der Waals surface area contributed by atoms with E-state index in [2.05, 4.69) is 20.5 Å². The fraction of sp³-hybridized carbons (Fsp3) is 0.571.